The van der Waals surface area contributed by atoms with Gasteiger partial charge in [-0.25, -0.2) is 4.79 Å². The Hall–Kier alpha value is -6.17. The van der Waals surface area contributed by atoms with E-state index in [1.807, 2.05) is 38.1 Å². The minimum atomic E-state index is -1.00. The molecule has 4 aromatic rings. The van der Waals surface area contributed by atoms with Gasteiger partial charge < -0.3 is 35.2 Å². The molecule has 12 heteroatoms. The summed E-state index contributed by atoms with van der Waals surface area (Å²) < 4.78 is 5.84. The predicted octanol–water partition coefficient (Wildman–Crippen LogP) is 5.35. The number of nitrogens with zero attached hydrogens (tertiary/aromatic N) is 3. The fourth-order valence-corrected chi connectivity index (χ4v) is 5.01. The lowest BCUT2D eigenvalue weighted by atomic mass is 10.0. The van der Waals surface area contributed by atoms with Gasteiger partial charge in [-0.1, -0.05) is 48.5 Å². The molecule has 4 aromatic carbocycles. The summed E-state index contributed by atoms with van der Waals surface area (Å²) in [5, 5.41) is 14.4. The summed E-state index contributed by atoms with van der Waals surface area (Å²) in [4.78, 5) is 68.4. The number of amides is 5. The van der Waals surface area contributed by atoms with Gasteiger partial charge in [-0.05, 0) is 79.9 Å². The zero-order chi connectivity index (χ0) is 36.4. The van der Waals surface area contributed by atoms with Crippen LogP contribution in [-0.2, 0) is 19.2 Å². The molecule has 1 atom stereocenters. The zero-order valence-corrected chi connectivity index (χ0v) is 28.7. The van der Waals surface area contributed by atoms with E-state index in [1.54, 1.807) is 86.9 Å². The fraction of sp³-hybridized carbons (Fsp3) is 0.237. The Morgan fingerprint density at radius 3 is 2.18 bits per heavy atom. The number of benzene rings is 4. The van der Waals surface area contributed by atoms with Gasteiger partial charge in [0.2, 0.25) is 11.8 Å². The average molecular weight is 680 g/mol. The second-order valence-corrected chi connectivity index (χ2v) is 11.8. The standard InChI is InChI=1S/C38H41N5O7/c1-25-17-18-26(2)33(19-25)42(5)36(46)24-50-32-16-10-15-31(21-32)43(23-35(45)41(4)30-13-7-6-8-14-30)34(44)22-39-38(49)40-29-12-9-11-28(20-29)27(3)37(47)48/h6-21,27H,22-24H2,1-5H3,(H,47,48)(H2,39,40,49). The molecule has 50 heavy (non-hydrogen) atoms. The van der Waals surface area contributed by atoms with Crippen LogP contribution in [0.5, 0.6) is 5.75 Å². The highest BCUT2D eigenvalue weighted by Crippen LogP contribution is 2.24. The van der Waals surface area contributed by atoms with E-state index in [4.69, 9.17) is 4.74 Å². The number of aryl methyl sites for hydroxylation is 2. The Morgan fingerprint density at radius 1 is 0.760 bits per heavy atom. The van der Waals surface area contributed by atoms with E-state index >= 15 is 0 Å². The molecule has 0 saturated heterocycles. The second kappa shape index (κ2) is 16.8. The largest absolute Gasteiger partial charge is 0.484 e. The number of hydrogen-bond acceptors (Lipinski definition) is 6. The molecule has 0 aliphatic heterocycles. The topological polar surface area (TPSA) is 149 Å². The van der Waals surface area contributed by atoms with Gasteiger partial charge in [0.1, 0.15) is 12.3 Å². The number of carboxylic acids is 1. The number of carbonyl (C=O) groups excluding carboxylic acids is 4. The molecule has 0 aliphatic carbocycles. The number of anilines is 4. The molecule has 0 aromatic heterocycles. The van der Waals surface area contributed by atoms with Crippen molar-refractivity contribution >= 4 is 52.5 Å². The molecule has 0 radical (unpaired) electrons. The molecule has 260 valence electrons. The molecule has 3 N–H and O–H groups in total. The molecule has 5 amide bonds. The molecular formula is C38H41N5O7. The van der Waals surface area contributed by atoms with Crippen LogP contribution >= 0.6 is 0 Å². The minimum absolute atomic E-state index is 0.273. The lowest BCUT2D eigenvalue weighted by Gasteiger charge is -2.26. The van der Waals surface area contributed by atoms with Crippen molar-refractivity contribution in [3.05, 3.63) is 114 Å². The van der Waals surface area contributed by atoms with E-state index in [2.05, 4.69) is 10.6 Å². The predicted molar refractivity (Wildman–Crippen MR) is 193 cm³/mol. The first-order valence-corrected chi connectivity index (χ1v) is 15.9. The number of hydrogen-bond donors (Lipinski definition) is 3. The van der Waals surface area contributed by atoms with E-state index in [0.717, 1.165) is 16.8 Å². The fourth-order valence-electron chi connectivity index (χ4n) is 5.01. The van der Waals surface area contributed by atoms with E-state index in [9.17, 15) is 29.1 Å². The van der Waals surface area contributed by atoms with Crippen molar-refractivity contribution < 1.29 is 33.8 Å². The molecule has 4 rings (SSSR count). The third kappa shape index (κ3) is 9.69. The Balaban J connectivity index is 1.49. The molecule has 0 aliphatic rings. The van der Waals surface area contributed by atoms with Crippen LogP contribution in [0, 0.1) is 13.8 Å². The Bertz CT molecular complexity index is 1860. The first kappa shape index (κ1) is 36.7. The maximum atomic E-state index is 13.6. The SMILES string of the molecule is Cc1ccc(C)c(N(C)C(=O)COc2cccc(N(CC(=O)N(C)c3ccccc3)C(=O)CNC(=O)Nc3cccc(C(C)C(=O)O)c3)c2)c1. The van der Waals surface area contributed by atoms with Crippen LogP contribution in [0.3, 0.4) is 0 Å². The molecular weight excluding hydrogens is 638 g/mol. The molecule has 12 nitrogen and oxygen atoms in total. The first-order valence-electron chi connectivity index (χ1n) is 15.9. The number of rotatable bonds is 13. The van der Waals surface area contributed by atoms with Crippen molar-refractivity contribution in [2.24, 2.45) is 0 Å². The lowest BCUT2D eigenvalue weighted by Crippen LogP contribution is -2.46. The highest BCUT2D eigenvalue weighted by atomic mass is 16.5. The summed E-state index contributed by atoms with van der Waals surface area (Å²) in [6, 6.07) is 26.9. The number of ether oxygens (including phenoxy) is 1. The minimum Gasteiger partial charge on any atom is -0.484 e. The van der Waals surface area contributed by atoms with Crippen molar-refractivity contribution in [2.45, 2.75) is 26.7 Å². The van der Waals surface area contributed by atoms with E-state index in [-0.39, 0.29) is 19.1 Å². The lowest BCUT2D eigenvalue weighted by molar-refractivity contribution is -0.138. The van der Waals surface area contributed by atoms with Crippen LogP contribution in [-0.4, -0.2) is 68.6 Å². The number of carboxylic acid groups (broad SMARTS) is 1. The maximum absolute atomic E-state index is 13.6. The Kier molecular flexibility index (Phi) is 12.3. The first-order chi connectivity index (χ1) is 23.8. The molecule has 1 unspecified atom stereocenters. The van der Waals surface area contributed by atoms with Crippen molar-refractivity contribution in [3.8, 4) is 5.75 Å². The van der Waals surface area contributed by atoms with E-state index < -0.39 is 36.3 Å². The number of nitrogens with one attached hydrogen (secondary N) is 2. The highest BCUT2D eigenvalue weighted by molar-refractivity contribution is 6.05. The number of aliphatic carboxylic acids is 1. The summed E-state index contributed by atoms with van der Waals surface area (Å²) in [7, 11) is 3.28. The Labute approximate surface area is 291 Å². The highest BCUT2D eigenvalue weighted by Gasteiger charge is 2.24. The van der Waals surface area contributed by atoms with Crippen LogP contribution in [0.15, 0.2) is 97.1 Å². The average Bonchev–Trinajstić information content (AvgIpc) is 3.12. The summed E-state index contributed by atoms with van der Waals surface area (Å²) in [5.74, 6) is -2.75. The Morgan fingerprint density at radius 2 is 1.46 bits per heavy atom. The van der Waals surface area contributed by atoms with Crippen LogP contribution in [0.4, 0.5) is 27.5 Å². The maximum Gasteiger partial charge on any atom is 0.319 e. The van der Waals surface area contributed by atoms with Crippen molar-refractivity contribution in [1.82, 2.24) is 5.32 Å². The van der Waals surface area contributed by atoms with E-state index in [0.29, 0.717) is 28.4 Å². The quantitative estimate of drug-likeness (QED) is 0.173. The van der Waals surface area contributed by atoms with Gasteiger partial charge in [0.15, 0.2) is 6.61 Å². The van der Waals surface area contributed by atoms with Gasteiger partial charge in [-0.3, -0.25) is 19.2 Å². The smallest absolute Gasteiger partial charge is 0.319 e. The van der Waals surface area contributed by atoms with Gasteiger partial charge in [-0.2, -0.15) is 0 Å². The molecule has 0 fully saturated rings. The summed E-state index contributed by atoms with van der Waals surface area (Å²) in [5.41, 5.74) is 4.52. The summed E-state index contributed by atoms with van der Waals surface area (Å²) in [6.07, 6.45) is 0. The molecule has 0 saturated carbocycles. The second-order valence-electron chi connectivity index (χ2n) is 11.8. The van der Waals surface area contributed by atoms with Crippen molar-refractivity contribution in [3.63, 3.8) is 0 Å². The van der Waals surface area contributed by atoms with Gasteiger partial charge in [0, 0.05) is 42.9 Å². The molecule has 0 spiro atoms. The van der Waals surface area contributed by atoms with Crippen molar-refractivity contribution in [2.75, 3.05) is 53.8 Å². The van der Waals surface area contributed by atoms with Gasteiger partial charge >= 0.3 is 12.0 Å². The third-order valence-electron chi connectivity index (χ3n) is 8.12. The molecule has 0 heterocycles. The van der Waals surface area contributed by atoms with Crippen molar-refractivity contribution in [1.29, 1.82) is 0 Å². The van der Waals surface area contributed by atoms with Gasteiger partial charge in [-0.15, -0.1) is 0 Å². The number of para-hydroxylation sites is 1. The van der Waals surface area contributed by atoms with Crippen LogP contribution in [0.25, 0.3) is 0 Å². The number of urea groups is 1. The normalized spacial score (nSPS) is 11.1. The van der Waals surface area contributed by atoms with Crippen LogP contribution < -0.4 is 30.1 Å². The van der Waals surface area contributed by atoms with Gasteiger partial charge in [0.25, 0.3) is 5.91 Å². The summed E-state index contributed by atoms with van der Waals surface area (Å²) in [6.45, 7) is 4.30. The zero-order valence-electron chi connectivity index (χ0n) is 28.7. The summed E-state index contributed by atoms with van der Waals surface area (Å²) >= 11 is 0. The third-order valence-corrected chi connectivity index (χ3v) is 8.12. The number of carbonyl (C=O) groups is 5. The molecule has 0 bridgehead atoms. The monoisotopic (exact) mass is 679 g/mol. The van der Waals surface area contributed by atoms with E-state index in [1.165, 1.54) is 21.6 Å². The van der Waals surface area contributed by atoms with Crippen LogP contribution in [0.1, 0.15) is 29.5 Å². The van der Waals surface area contributed by atoms with Crippen LogP contribution in [0.2, 0.25) is 0 Å². The van der Waals surface area contributed by atoms with Gasteiger partial charge in [0.05, 0.1) is 12.5 Å². The number of likely N-dealkylation sites (N-methyl/N-ethyl adjacent to an activating group) is 2.